The number of benzene rings is 2. The molecule has 0 heterocycles. The molecule has 2 N–H and O–H groups in total. The van der Waals surface area contributed by atoms with Crippen LogP contribution in [-0.2, 0) is 5.11 Å². The van der Waals surface area contributed by atoms with Gasteiger partial charge in [0, 0.05) is 16.5 Å². The summed E-state index contributed by atoms with van der Waals surface area (Å²) >= 11 is 0. The van der Waals surface area contributed by atoms with E-state index in [1.165, 1.54) is 6.07 Å². The lowest BCUT2D eigenvalue weighted by molar-refractivity contribution is 0.360. The van der Waals surface area contributed by atoms with Gasteiger partial charge in [-0.3, -0.25) is 5.11 Å². The van der Waals surface area contributed by atoms with E-state index in [0.29, 0.717) is 11.1 Å². The molecule has 0 aromatic heterocycles. The SMILES string of the molecule is Nc1ccc([O])c2ccccc12. The molecule has 1 radical (unpaired) electrons. The van der Waals surface area contributed by atoms with E-state index in [4.69, 9.17) is 5.73 Å². The van der Waals surface area contributed by atoms with Crippen LogP contribution in [0.1, 0.15) is 0 Å². The van der Waals surface area contributed by atoms with Crippen molar-refractivity contribution < 1.29 is 5.11 Å². The van der Waals surface area contributed by atoms with Gasteiger partial charge in [0.2, 0.25) is 0 Å². The molecule has 2 heteroatoms. The maximum Gasteiger partial charge on any atom is 0.186 e. The number of rotatable bonds is 0. The average Bonchev–Trinajstić information content (AvgIpc) is 2.12. The van der Waals surface area contributed by atoms with Crippen LogP contribution < -0.4 is 5.73 Å². The molecule has 0 aliphatic rings. The molecule has 12 heavy (non-hydrogen) atoms. The molecule has 0 saturated carbocycles. The molecule has 59 valence electrons. The average molecular weight is 158 g/mol. The maximum absolute atomic E-state index is 11.3. The van der Waals surface area contributed by atoms with Crippen LogP contribution in [0.2, 0.25) is 0 Å². The van der Waals surface area contributed by atoms with Gasteiger partial charge in [0.05, 0.1) is 0 Å². The molecular formula is C10H8NO. The first kappa shape index (κ1) is 6.98. The van der Waals surface area contributed by atoms with Gasteiger partial charge in [-0.15, -0.1) is 0 Å². The Bertz CT molecular complexity index is 383. The van der Waals surface area contributed by atoms with Crippen molar-refractivity contribution in [2.24, 2.45) is 0 Å². The standard InChI is InChI=1S/C10H8NO/c11-9-5-6-10(12)8-4-2-1-3-7(8)9/h1-6H,11H2. The molecule has 0 amide bonds. The molecule has 2 rings (SSSR count). The highest BCUT2D eigenvalue weighted by Gasteiger charge is 2.01. The number of nitrogen functional groups attached to an aromatic ring is 1. The van der Waals surface area contributed by atoms with Crippen molar-refractivity contribution in [2.75, 3.05) is 5.73 Å². The second-order valence-corrected chi connectivity index (χ2v) is 2.70. The summed E-state index contributed by atoms with van der Waals surface area (Å²) in [4.78, 5) is 0. The number of nitrogens with two attached hydrogens (primary N) is 1. The van der Waals surface area contributed by atoms with Gasteiger partial charge in [-0.1, -0.05) is 24.3 Å². The highest BCUT2D eigenvalue weighted by molar-refractivity contribution is 5.96. The zero-order valence-electron chi connectivity index (χ0n) is 6.45. The van der Waals surface area contributed by atoms with Crippen LogP contribution in [0.25, 0.3) is 10.8 Å². The highest BCUT2D eigenvalue weighted by Crippen LogP contribution is 2.28. The van der Waals surface area contributed by atoms with Crippen LogP contribution in [0.3, 0.4) is 0 Å². The fourth-order valence-corrected chi connectivity index (χ4v) is 1.29. The Kier molecular flexibility index (Phi) is 1.40. The molecule has 0 saturated heterocycles. The molecule has 0 aliphatic carbocycles. The number of anilines is 1. The van der Waals surface area contributed by atoms with E-state index in [2.05, 4.69) is 0 Å². The van der Waals surface area contributed by atoms with Crippen molar-refractivity contribution in [3.63, 3.8) is 0 Å². The Balaban J connectivity index is 2.95. The number of hydrogen-bond donors (Lipinski definition) is 1. The zero-order valence-corrected chi connectivity index (χ0v) is 6.45. The highest BCUT2D eigenvalue weighted by atomic mass is 16.3. The number of hydrogen-bond acceptors (Lipinski definition) is 1. The van der Waals surface area contributed by atoms with E-state index < -0.39 is 0 Å². The molecule has 2 nitrogen and oxygen atoms in total. The van der Waals surface area contributed by atoms with Gasteiger partial charge in [0.1, 0.15) is 0 Å². The summed E-state index contributed by atoms with van der Waals surface area (Å²) in [6.45, 7) is 0. The predicted octanol–water partition coefficient (Wildman–Crippen LogP) is 2.57. The monoisotopic (exact) mass is 158 g/mol. The van der Waals surface area contributed by atoms with Crippen LogP contribution in [-0.4, -0.2) is 0 Å². The molecule has 0 fully saturated rings. The van der Waals surface area contributed by atoms with Gasteiger partial charge in [-0.2, -0.15) is 0 Å². The third-order valence-electron chi connectivity index (χ3n) is 1.92. The Hall–Kier alpha value is -1.70. The quantitative estimate of drug-likeness (QED) is 0.588. The fraction of sp³-hybridized carbons (Fsp3) is 0. The summed E-state index contributed by atoms with van der Waals surface area (Å²) in [7, 11) is 0. The van der Waals surface area contributed by atoms with E-state index in [1.807, 2.05) is 18.2 Å². The van der Waals surface area contributed by atoms with E-state index >= 15 is 0 Å². The maximum atomic E-state index is 11.3. The molecule has 0 aliphatic heterocycles. The summed E-state index contributed by atoms with van der Waals surface area (Å²) < 4.78 is 0. The fourth-order valence-electron chi connectivity index (χ4n) is 1.29. The first-order chi connectivity index (χ1) is 5.79. The van der Waals surface area contributed by atoms with E-state index in [9.17, 15) is 5.11 Å². The van der Waals surface area contributed by atoms with Gasteiger partial charge >= 0.3 is 0 Å². The van der Waals surface area contributed by atoms with Crippen LogP contribution in [0.4, 0.5) is 5.69 Å². The third-order valence-corrected chi connectivity index (χ3v) is 1.92. The minimum Gasteiger partial charge on any atom is -0.398 e. The molecule has 0 spiro atoms. The predicted molar refractivity (Wildman–Crippen MR) is 48.5 cm³/mol. The largest absolute Gasteiger partial charge is 0.398 e. The topological polar surface area (TPSA) is 45.9 Å². The molecule has 0 unspecified atom stereocenters. The molecule has 0 atom stereocenters. The second-order valence-electron chi connectivity index (χ2n) is 2.70. The Labute approximate surface area is 70.2 Å². The Morgan fingerprint density at radius 3 is 2.25 bits per heavy atom. The Morgan fingerprint density at radius 1 is 0.917 bits per heavy atom. The van der Waals surface area contributed by atoms with Crippen LogP contribution in [0.15, 0.2) is 36.4 Å². The van der Waals surface area contributed by atoms with Crippen molar-refractivity contribution in [1.82, 2.24) is 0 Å². The zero-order chi connectivity index (χ0) is 8.55. The molecule has 0 bridgehead atoms. The summed E-state index contributed by atoms with van der Waals surface area (Å²) in [5.74, 6) is 0.0276. The van der Waals surface area contributed by atoms with Crippen molar-refractivity contribution in [1.29, 1.82) is 0 Å². The smallest absolute Gasteiger partial charge is 0.186 e. The lowest BCUT2D eigenvalue weighted by atomic mass is 10.1. The normalized spacial score (nSPS) is 10.3. The first-order valence-electron chi connectivity index (χ1n) is 3.73. The lowest BCUT2D eigenvalue weighted by Crippen LogP contribution is -1.85. The molecule has 2 aromatic rings. The van der Waals surface area contributed by atoms with Crippen LogP contribution >= 0.6 is 0 Å². The summed E-state index contributed by atoms with van der Waals surface area (Å²) in [6, 6.07) is 10.5. The molecular weight excluding hydrogens is 150 g/mol. The van der Waals surface area contributed by atoms with E-state index in [-0.39, 0.29) is 5.75 Å². The molecule has 2 aromatic carbocycles. The van der Waals surface area contributed by atoms with Gasteiger partial charge in [-0.25, -0.2) is 0 Å². The number of fused-ring (bicyclic) bond motifs is 1. The van der Waals surface area contributed by atoms with Crippen molar-refractivity contribution in [3.8, 4) is 5.75 Å². The second kappa shape index (κ2) is 2.41. The van der Waals surface area contributed by atoms with E-state index in [1.54, 1.807) is 12.1 Å². The summed E-state index contributed by atoms with van der Waals surface area (Å²) in [5.41, 5.74) is 6.34. The summed E-state index contributed by atoms with van der Waals surface area (Å²) in [5, 5.41) is 12.8. The van der Waals surface area contributed by atoms with Gasteiger partial charge in [0.25, 0.3) is 0 Å². The van der Waals surface area contributed by atoms with Crippen molar-refractivity contribution in [2.45, 2.75) is 0 Å². The van der Waals surface area contributed by atoms with Gasteiger partial charge in [0.15, 0.2) is 5.75 Å². The van der Waals surface area contributed by atoms with Gasteiger partial charge in [-0.05, 0) is 12.1 Å². The third kappa shape index (κ3) is 0.889. The summed E-state index contributed by atoms with van der Waals surface area (Å²) in [6.07, 6.45) is 0. The van der Waals surface area contributed by atoms with Crippen molar-refractivity contribution >= 4 is 16.5 Å². The van der Waals surface area contributed by atoms with Crippen LogP contribution in [0, 0.1) is 0 Å². The Morgan fingerprint density at radius 2 is 1.58 bits per heavy atom. The van der Waals surface area contributed by atoms with Crippen molar-refractivity contribution in [3.05, 3.63) is 36.4 Å². The lowest BCUT2D eigenvalue weighted by Gasteiger charge is -2.00. The first-order valence-corrected chi connectivity index (χ1v) is 3.73. The van der Waals surface area contributed by atoms with Gasteiger partial charge < -0.3 is 5.73 Å². The minimum absolute atomic E-state index is 0.0276. The van der Waals surface area contributed by atoms with E-state index in [0.717, 1.165) is 5.39 Å². The van der Waals surface area contributed by atoms with Crippen LogP contribution in [0.5, 0.6) is 5.75 Å². The minimum atomic E-state index is 0.0276.